The van der Waals surface area contributed by atoms with Gasteiger partial charge in [0.25, 0.3) is 18.2 Å². The largest absolute Gasteiger partial charge is 1.00 e. The van der Waals surface area contributed by atoms with Crippen LogP contribution in [-0.2, 0) is 54.3 Å². The average molecular weight is 1400 g/mol. The molecule has 0 bridgehead atoms. The van der Waals surface area contributed by atoms with E-state index >= 15 is 0 Å². The first-order chi connectivity index (χ1) is 45.9. The van der Waals surface area contributed by atoms with E-state index in [2.05, 4.69) is 51.1 Å². The van der Waals surface area contributed by atoms with Crippen LogP contribution in [-0.4, -0.2) is 220 Å². The van der Waals surface area contributed by atoms with Gasteiger partial charge in [0.1, 0.15) is 58.5 Å². The van der Waals surface area contributed by atoms with Crippen LogP contribution in [0.2, 0.25) is 0 Å². The number of piperidine rings is 1. The number of aromatic hydroxyl groups is 1. The second kappa shape index (κ2) is 34.3. The summed E-state index contributed by atoms with van der Waals surface area (Å²) in [6.45, 7) is 2.91. The number of amides is 8. The molecule has 4 fully saturated rings. The van der Waals surface area contributed by atoms with E-state index in [-0.39, 0.29) is 59.1 Å². The second-order valence-corrected chi connectivity index (χ2v) is 25.3. The van der Waals surface area contributed by atoms with Crippen LogP contribution in [0.3, 0.4) is 0 Å². The molecule has 0 saturated carbocycles. The van der Waals surface area contributed by atoms with Crippen molar-refractivity contribution in [2.75, 3.05) is 37.6 Å². The molecule has 9 rings (SSSR count). The van der Waals surface area contributed by atoms with E-state index in [1.165, 1.54) is 30.4 Å². The van der Waals surface area contributed by atoms with Crippen LogP contribution in [0.5, 0.6) is 11.5 Å². The molecular formula is C62H74N11NaO21S2. The summed E-state index contributed by atoms with van der Waals surface area (Å²) in [6.07, 6.45) is -14.3. The Kier molecular flexibility index (Phi) is 26.6. The second-order valence-electron chi connectivity index (χ2n) is 23.9. The first kappa shape index (κ1) is 75.3. The molecule has 14 atom stereocenters. The molecule has 97 heavy (non-hydrogen) atoms. The molecule has 32 nitrogen and oxygen atoms in total. The number of primary amides is 1. The normalized spacial score (nSPS) is 25.4. The van der Waals surface area contributed by atoms with E-state index < -0.39 is 183 Å². The number of carbonyl (C=O) groups is 8. The van der Waals surface area contributed by atoms with E-state index in [4.69, 9.17) is 14.7 Å². The van der Waals surface area contributed by atoms with Gasteiger partial charge in [-0.2, -0.15) is 0 Å². The Hall–Kier alpha value is -7.49. The van der Waals surface area contributed by atoms with E-state index in [0.29, 0.717) is 22.2 Å². The first-order valence-electron chi connectivity index (χ1n) is 30.6. The molecule has 4 aromatic carbocycles. The minimum absolute atomic E-state index is 0. The number of carbonyl (C=O) groups excluding carboxylic acids is 8. The summed E-state index contributed by atoms with van der Waals surface area (Å²) >= 11 is 1.22. The zero-order valence-corrected chi connectivity index (χ0v) is 56.3. The molecule has 0 aliphatic carbocycles. The Morgan fingerprint density at radius 1 is 0.773 bits per heavy atom. The molecule has 35 heteroatoms. The Labute approximate surface area is 585 Å². The van der Waals surface area contributed by atoms with Crippen molar-refractivity contribution < 1.29 is 132 Å². The Morgan fingerprint density at radius 3 is 2.04 bits per heavy atom. The van der Waals surface area contributed by atoms with Crippen molar-refractivity contribution in [3.63, 3.8) is 0 Å². The number of β-amino-alcohol motifs (C(OH)–C–C–N with tert-alkyl or cyclic N) is 1. The van der Waals surface area contributed by atoms with Crippen LogP contribution in [0.4, 0.5) is 5.69 Å². The molecule has 1 aromatic heterocycles. The van der Waals surface area contributed by atoms with Gasteiger partial charge < -0.3 is 102 Å². The monoisotopic (exact) mass is 1400 g/mol. The molecule has 4 aliphatic rings. The number of ether oxygens (including phenoxy) is 1. The van der Waals surface area contributed by atoms with Crippen LogP contribution < -0.4 is 76.2 Å². The number of phenolic OH excluding ortho intramolecular Hbond substituents is 1. The van der Waals surface area contributed by atoms with E-state index in [1.807, 2.05) is 54.6 Å². The van der Waals surface area contributed by atoms with Gasteiger partial charge in [0.15, 0.2) is 11.5 Å². The summed E-state index contributed by atoms with van der Waals surface area (Å²) in [5, 5.41) is 126. The summed E-state index contributed by atoms with van der Waals surface area (Å²) in [4.78, 5) is 118. The fourth-order valence-electron chi connectivity index (χ4n) is 11.8. The molecule has 15 N–H and O–H groups in total. The summed E-state index contributed by atoms with van der Waals surface area (Å²) < 4.78 is 15.2. The number of aliphatic hydroxyl groups is 7. The van der Waals surface area contributed by atoms with Crippen molar-refractivity contribution in [3.05, 3.63) is 114 Å². The molecule has 516 valence electrons. The van der Waals surface area contributed by atoms with Crippen LogP contribution in [0, 0.1) is 5.92 Å². The fraction of sp³-hybridized carbons (Fsp3) is 0.452. The van der Waals surface area contributed by atoms with Crippen molar-refractivity contribution in [2.24, 2.45) is 11.7 Å². The van der Waals surface area contributed by atoms with Crippen LogP contribution in [0.25, 0.3) is 21.1 Å². The number of rotatable bonds is 19. The summed E-state index contributed by atoms with van der Waals surface area (Å²) in [6, 6.07) is 14.6. The van der Waals surface area contributed by atoms with E-state index in [0.717, 1.165) is 77.7 Å². The Morgan fingerprint density at radius 2 is 1.40 bits per heavy atom. The van der Waals surface area contributed by atoms with Gasteiger partial charge in [0.2, 0.25) is 41.4 Å². The Bertz CT molecular complexity index is 3560. The molecule has 0 spiro atoms. The van der Waals surface area contributed by atoms with Crippen molar-refractivity contribution in [1.29, 1.82) is 0 Å². The van der Waals surface area contributed by atoms with Gasteiger partial charge in [-0.1, -0.05) is 66.8 Å². The van der Waals surface area contributed by atoms with Gasteiger partial charge in [-0.05, 0) is 79.4 Å². The molecule has 13 unspecified atom stereocenters. The quantitative estimate of drug-likeness (QED) is 0.0120. The third-order valence-corrected chi connectivity index (χ3v) is 18.4. The molecule has 4 saturated heterocycles. The number of nitrogens with one attached hydrogen (secondary N) is 5. The standard InChI is InChI=1S/C62H75N11O21S2.Na/c1-30-27-73-50(51(30)80)58(87)64-26-38(75)23-41(65-54(83)33-8-10-34(11-9-33)59-69-70-60(95-59)35-12-15-37(16-13-35)71-20-18-40(19-21-71)91-29-32-6-4-3-5-7-32)55(84)66-47(31(2)74)61(88)72-28-39(76)24-42(72)56(85)68-49(57(86)67-48(62(73)89)44(78)25-46(63)79)53(82)52(81)36-14-17-43(77)45(22-36)92-96-94-93-90;/h3-17,22,30-31,38-42,44,47-53,74-78,80-82,90H,18-21,23-29H2,1-2H3,(H2,63,79)(H,64,87)(H,65,83)(H,66,84)(H,67,86)(H,68,85);/q;+1/p-1/t30?,31?,38?,39?,41-,42?,44?,47?,48?,49?,50?,51?,52?,53?;/m0./s1. The predicted octanol–water partition coefficient (Wildman–Crippen LogP) is -5.75. The van der Waals surface area contributed by atoms with Crippen LogP contribution >= 0.6 is 23.7 Å². The predicted molar refractivity (Wildman–Crippen MR) is 336 cm³/mol. The van der Waals surface area contributed by atoms with Gasteiger partial charge in [-0.3, -0.25) is 43.4 Å². The van der Waals surface area contributed by atoms with Crippen molar-refractivity contribution >= 4 is 76.6 Å². The molecule has 0 radical (unpaired) electrons. The molecule has 5 heterocycles. The summed E-state index contributed by atoms with van der Waals surface area (Å²) in [5.41, 5.74) is 8.62. The zero-order chi connectivity index (χ0) is 69.1. The number of hydrogen-bond acceptors (Lipinski definition) is 26. The maximum atomic E-state index is 14.7. The Balaban J connectivity index is 0.0000120. The van der Waals surface area contributed by atoms with E-state index in [9.17, 15) is 84.5 Å². The third-order valence-electron chi connectivity index (χ3n) is 17.0. The number of hydrogen-bond donors (Lipinski definition) is 14. The van der Waals surface area contributed by atoms with Crippen molar-refractivity contribution in [2.45, 2.75) is 138 Å². The number of anilines is 1. The number of aromatic nitrogens is 2. The number of phenols is 1. The third kappa shape index (κ3) is 18.8. The number of nitrogens with zero attached hydrogens (tertiary/aromatic N) is 5. The number of aliphatic hydroxyl groups excluding tert-OH is 7. The minimum Gasteiger partial charge on any atom is -0.691 e. The number of nitrogens with two attached hydrogens (primary N) is 1. The SMILES string of the molecule is CC(O)C1NC(=O)[C@@H](NC(=O)c2ccc(-c3nnc(-c4ccc(N5CCC(OCc6ccccc6)CC5)cc4)s3)cc2)CC(O)CNC(=O)C2C(O)C(C)CN2C(=O)C(C(O)CC(N)=O)NC(=O)C(C(O)C(O)c2ccc(O)c(OSOO[O-])c2)NC(=O)C2CC(O)CN2C1=O.[Na+]. The molecular weight excluding hydrogens is 1320 g/mol. The smallest absolute Gasteiger partial charge is 0.691 e. The fourth-order valence-corrected chi connectivity index (χ4v) is 12.9. The minimum atomic E-state index is -2.54. The molecule has 5 aromatic rings. The van der Waals surface area contributed by atoms with E-state index in [1.54, 1.807) is 12.1 Å². The molecule has 8 amide bonds. The summed E-state index contributed by atoms with van der Waals surface area (Å²) in [5.74, 6) is -12.0. The van der Waals surface area contributed by atoms with Gasteiger partial charge in [0.05, 0.1) is 49.7 Å². The maximum absolute atomic E-state index is 14.7. The van der Waals surface area contributed by atoms with Gasteiger partial charge in [-0.25, -0.2) is 0 Å². The average Bonchev–Trinajstić information content (AvgIpc) is 1.50. The maximum Gasteiger partial charge on any atom is 1.00 e. The number of fused-ring (bicyclic) bond motifs is 2. The van der Waals surface area contributed by atoms with Crippen molar-refractivity contribution in [3.8, 4) is 32.6 Å². The van der Waals surface area contributed by atoms with Crippen LogP contribution in [0.15, 0.2) is 97.1 Å². The molecule has 4 aliphatic heterocycles. The number of benzene rings is 4. The van der Waals surface area contributed by atoms with Crippen molar-refractivity contribution in [1.82, 2.24) is 46.6 Å². The zero-order valence-electron chi connectivity index (χ0n) is 52.7. The van der Waals surface area contributed by atoms with Gasteiger partial charge >= 0.3 is 29.6 Å². The summed E-state index contributed by atoms with van der Waals surface area (Å²) in [7, 11) is 0. The van der Waals surface area contributed by atoms with Crippen LogP contribution in [0.1, 0.15) is 73.5 Å². The topological polar surface area (TPSA) is 480 Å². The van der Waals surface area contributed by atoms with Gasteiger partial charge in [0, 0.05) is 73.9 Å². The van der Waals surface area contributed by atoms with Gasteiger partial charge in [-0.15, -0.1) is 14.5 Å². The first-order valence-corrected chi connectivity index (χ1v) is 32.1.